The Kier molecular flexibility index (Phi) is 6.99. The molecule has 1 N–H and O–H groups in total. The van der Waals surface area contributed by atoms with Gasteiger partial charge in [0.1, 0.15) is 5.82 Å². The zero-order valence-electron chi connectivity index (χ0n) is 12.4. The van der Waals surface area contributed by atoms with Crippen LogP contribution in [0.25, 0.3) is 0 Å². The van der Waals surface area contributed by atoms with Crippen molar-refractivity contribution >= 4 is 21.6 Å². The van der Waals surface area contributed by atoms with Crippen LogP contribution in [0.5, 0.6) is 0 Å². The van der Waals surface area contributed by atoms with Gasteiger partial charge < -0.3 is 4.57 Å². The van der Waals surface area contributed by atoms with Crippen molar-refractivity contribution < 1.29 is 8.42 Å². The summed E-state index contributed by atoms with van der Waals surface area (Å²) in [7, 11) is -3.50. The minimum atomic E-state index is -3.50. The van der Waals surface area contributed by atoms with E-state index in [0.717, 1.165) is 31.6 Å². The monoisotopic (exact) mass is 321 g/mol. The van der Waals surface area contributed by atoms with E-state index in [1.807, 2.05) is 18.4 Å². The van der Waals surface area contributed by atoms with Crippen LogP contribution in [0, 0.1) is 12.8 Å². The number of halogens is 1. The van der Waals surface area contributed by atoms with Crippen molar-refractivity contribution in [3.05, 3.63) is 12.0 Å². The van der Waals surface area contributed by atoms with Gasteiger partial charge in [-0.15, -0.1) is 11.6 Å². The van der Waals surface area contributed by atoms with Crippen LogP contribution in [-0.2, 0) is 16.6 Å². The number of aryl methyl sites for hydroxylation is 2. The topological polar surface area (TPSA) is 64.0 Å². The van der Waals surface area contributed by atoms with Crippen LogP contribution in [-0.4, -0.2) is 30.4 Å². The summed E-state index contributed by atoms with van der Waals surface area (Å²) in [5.41, 5.74) is 0. The fourth-order valence-electron chi connectivity index (χ4n) is 1.88. The minimum Gasteiger partial charge on any atom is -0.334 e. The SMILES string of the molecule is CCCn1cc(S(=O)(=O)NCCCC(C)CCl)nc1C. The molecule has 0 saturated carbocycles. The van der Waals surface area contributed by atoms with Gasteiger partial charge in [0.2, 0.25) is 0 Å². The molecule has 1 aromatic rings. The summed E-state index contributed by atoms with van der Waals surface area (Å²) >= 11 is 5.72. The summed E-state index contributed by atoms with van der Waals surface area (Å²) < 4.78 is 28.7. The van der Waals surface area contributed by atoms with Crippen molar-refractivity contribution in [1.29, 1.82) is 0 Å². The van der Waals surface area contributed by atoms with Gasteiger partial charge in [0.15, 0.2) is 5.03 Å². The predicted molar refractivity (Wildman–Crippen MR) is 81.6 cm³/mol. The average molecular weight is 322 g/mol. The van der Waals surface area contributed by atoms with Gasteiger partial charge in [-0.2, -0.15) is 0 Å². The zero-order chi connectivity index (χ0) is 15.2. The van der Waals surface area contributed by atoms with Crippen LogP contribution < -0.4 is 4.72 Å². The molecule has 1 unspecified atom stereocenters. The van der Waals surface area contributed by atoms with Gasteiger partial charge >= 0.3 is 0 Å². The van der Waals surface area contributed by atoms with E-state index in [2.05, 4.69) is 16.6 Å². The van der Waals surface area contributed by atoms with E-state index in [9.17, 15) is 8.42 Å². The summed E-state index contributed by atoms with van der Waals surface area (Å²) in [5, 5.41) is 0.105. The number of nitrogens with zero attached hydrogens (tertiary/aromatic N) is 2. The maximum absolute atomic E-state index is 12.1. The number of aromatic nitrogens is 2. The molecule has 0 fully saturated rings. The molecule has 0 aliphatic carbocycles. The molecule has 0 radical (unpaired) electrons. The van der Waals surface area contributed by atoms with E-state index in [0.29, 0.717) is 18.3 Å². The third-order valence-corrected chi connectivity index (χ3v) is 4.98. The van der Waals surface area contributed by atoms with Crippen LogP contribution in [0.4, 0.5) is 0 Å². The van der Waals surface area contributed by atoms with Crippen molar-refractivity contribution in [2.75, 3.05) is 12.4 Å². The van der Waals surface area contributed by atoms with Gasteiger partial charge in [0.05, 0.1) is 0 Å². The normalized spacial score (nSPS) is 13.6. The van der Waals surface area contributed by atoms with Crippen molar-refractivity contribution in [3.63, 3.8) is 0 Å². The molecule has 0 amide bonds. The molecule has 1 rings (SSSR count). The molecule has 0 saturated heterocycles. The standard InChI is InChI=1S/C13H24ClN3O2S/c1-4-8-17-10-13(16-12(17)3)20(18,19)15-7-5-6-11(2)9-14/h10-11,15H,4-9H2,1-3H3. The Hall–Kier alpha value is -0.590. The number of hydrogen-bond acceptors (Lipinski definition) is 3. The first-order chi connectivity index (χ1) is 9.40. The molecule has 5 nitrogen and oxygen atoms in total. The second-order valence-electron chi connectivity index (χ2n) is 5.12. The molecule has 1 atom stereocenters. The third-order valence-electron chi connectivity index (χ3n) is 3.12. The van der Waals surface area contributed by atoms with E-state index in [4.69, 9.17) is 11.6 Å². The fourth-order valence-corrected chi connectivity index (χ4v) is 3.12. The lowest BCUT2D eigenvalue weighted by atomic mass is 10.1. The quantitative estimate of drug-likeness (QED) is 0.561. The van der Waals surface area contributed by atoms with E-state index in [1.165, 1.54) is 0 Å². The molecule has 0 aliphatic heterocycles. The Morgan fingerprint density at radius 1 is 1.50 bits per heavy atom. The minimum absolute atomic E-state index is 0.105. The highest BCUT2D eigenvalue weighted by Crippen LogP contribution is 2.11. The summed E-state index contributed by atoms with van der Waals surface area (Å²) in [4.78, 5) is 4.12. The maximum atomic E-state index is 12.1. The van der Waals surface area contributed by atoms with Crippen LogP contribution >= 0.6 is 11.6 Å². The Labute approximate surface area is 126 Å². The summed E-state index contributed by atoms with van der Waals surface area (Å²) in [6.07, 6.45) is 4.24. The van der Waals surface area contributed by atoms with Crippen LogP contribution in [0.2, 0.25) is 0 Å². The Balaban J connectivity index is 2.58. The van der Waals surface area contributed by atoms with Gasteiger partial charge in [0.25, 0.3) is 10.0 Å². The molecule has 20 heavy (non-hydrogen) atoms. The van der Waals surface area contributed by atoms with Crippen LogP contribution in [0.3, 0.4) is 0 Å². The molecular weight excluding hydrogens is 298 g/mol. The summed E-state index contributed by atoms with van der Waals surface area (Å²) in [6.45, 7) is 7.11. The highest BCUT2D eigenvalue weighted by atomic mass is 35.5. The average Bonchev–Trinajstić information content (AvgIpc) is 2.77. The van der Waals surface area contributed by atoms with Crippen LogP contribution in [0.15, 0.2) is 11.2 Å². The largest absolute Gasteiger partial charge is 0.334 e. The summed E-state index contributed by atoms with van der Waals surface area (Å²) in [6, 6.07) is 0. The van der Waals surface area contributed by atoms with E-state index >= 15 is 0 Å². The van der Waals surface area contributed by atoms with E-state index in [-0.39, 0.29) is 5.03 Å². The molecular formula is C13H24ClN3O2S. The molecule has 0 aromatic carbocycles. The Bertz CT molecular complexity index is 514. The second-order valence-corrected chi connectivity index (χ2v) is 7.14. The number of rotatable bonds is 9. The van der Waals surface area contributed by atoms with Crippen molar-refractivity contribution in [2.45, 2.75) is 51.6 Å². The highest BCUT2D eigenvalue weighted by Gasteiger charge is 2.18. The maximum Gasteiger partial charge on any atom is 0.259 e. The molecule has 116 valence electrons. The molecule has 1 aromatic heterocycles. The number of nitrogens with one attached hydrogen (secondary N) is 1. The van der Waals surface area contributed by atoms with Gasteiger partial charge in [-0.25, -0.2) is 18.1 Å². The van der Waals surface area contributed by atoms with Crippen molar-refractivity contribution in [1.82, 2.24) is 14.3 Å². The lowest BCUT2D eigenvalue weighted by Crippen LogP contribution is -2.25. The molecule has 7 heteroatoms. The van der Waals surface area contributed by atoms with Crippen molar-refractivity contribution in [3.8, 4) is 0 Å². The predicted octanol–water partition coefficient (Wildman–Crippen LogP) is 2.53. The molecule has 0 spiro atoms. The lowest BCUT2D eigenvalue weighted by molar-refractivity contribution is 0.542. The first-order valence-electron chi connectivity index (χ1n) is 7.00. The lowest BCUT2D eigenvalue weighted by Gasteiger charge is -2.07. The zero-order valence-corrected chi connectivity index (χ0v) is 14.0. The third kappa shape index (κ3) is 5.07. The van der Waals surface area contributed by atoms with E-state index in [1.54, 1.807) is 6.20 Å². The number of sulfonamides is 1. The van der Waals surface area contributed by atoms with Gasteiger partial charge in [0, 0.05) is 25.2 Å². The Morgan fingerprint density at radius 2 is 2.20 bits per heavy atom. The molecule has 0 aliphatic rings. The number of alkyl halides is 1. The highest BCUT2D eigenvalue weighted by molar-refractivity contribution is 7.89. The smallest absolute Gasteiger partial charge is 0.259 e. The first kappa shape index (κ1) is 17.5. The van der Waals surface area contributed by atoms with Crippen LogP contribution in [0.1, 0.15) is 38.9 Å². The molecule has 1 heterocycles. The Morgan fingerprint density at radius 3 is 2.80 bits per heavy atom. The number of imidazole rings is 1. The molecule has 0 bridgehead atoms. The van der Waals surface area contributed by atoms with Gasteiger partial charge in [-0.05, 0) is 32.1 Å². The summed E-state index contributed by atoms with van der Waals surface area (Å²) in [5.74, 6) is 1.74. The fraction of sp³-hybridized carbons (Fsp3) is 0.769. The first-order valence-corrected chi connectivity index (χ1v) is 9.01. The van der Waals surface area contributed by atoms with Gasteiger partial charge in [-0.1, -0.05) is 13.8 Å². The number of hydrogen-bond donors (Lipinski definition) is 1. The van der Waals surface area contributed by atoms with E-state index < -0.39 is 10.0 Å². The van der Waals surface area contributed by atoms with Crippen molar-refractivity contribution in [2.24, 2.45) is 5.92 Å². The van der Waals surface area contributed by atoms with Gasteiger partial charge in [-0.3, -0.25) is 0 Å². The second kappa shape index (κ2) is 8.00.